The third-order valence-corrected chi connectivity index (χ3v) is 3.74. The van der Waals surface area contributed by atoms with Crippen molar-refractivity contribution in [1.82, 2.24) is 9.55 Å². The van der Waals surface area contributed by atoms with Crippen molar-refractivity contribution in [3.8, 4) is 0 Å². The van der Waals surface area contributed by atoms with Gasteiger partial charge < -0.3 is 10.3 Å². The number of fused-ring (bicyclic) bond motifs is 1. The molecule has 2 rings (SSSR count). The van der Waals surface area contributed by atoms with Crippen molar-refractivity contribution in [3.63, 3.8) is 0 Å². The van der Waals surface area contributed by atoms with Crippen LogP contribution in [0.3, 0.4) is 0 Å². The van der Waals surface area contributed by atoms with Gasteiger partial charge in [0.1, 0.15) is 0 Å². The van der Waals surface area contributed by atoms with Gasteiger partial charge in [-0.25, -0.2) is 4.98 Å². The summed E-state index contributed by atoms with van der Waals surface area (Å²) in [6.07, 6.45) is 0. The summed E-state index contributed by atoms with van der Waals surface area (Å²) in [4.78, 5) is 5.06. The molecule has 0 aliphatic carbocycles. The van der Waals surface area contributed by atoms with Crippen LogP contribution >= 0.6 is 24.0 Å². The minimum Gasteiger partial charge on any atom is -0.393 e. The molecule has 16 heavy (non-hydrogen) atoms. The monoisotopic (exact) mass is 251 g/mol. The average molecular weight is 251 g/mol. The van der Waals surface area contributed by atoms with Crippen LogP contribution in [0.15, 0.2) is 23.4 Å². The molecule has 0 unspecified atom stereocenters. The van der Waals surface area contributed by atoms with Crippen LogP contribution in [0.4, 0.5) is 0 Å². The molecule has 2 N–H and O–H groups in total. The van der Waals surface area contributed by atoms with Crippen LogP contribution in [0.2, 0.25) is 0 Å². The maximum absolute atomic E-state index is 5.48. The highest BCUT2D eigenvalue weighted by atomic mass is 32.2. The molecular weight excluding hydrogens is 238 g/mol. The first-order valence-electron chi connectivity index (χ1n) is 4.92. The maximum Gasteiger partial charge on any atom is 0.169 e. The average Bonchev–Trinajstić information content (AvgIpc) is 2.52. The summed E-state index contributed by atoms with van der Waals surface area (Å²) in [5, 5.41) is 0.952. The van der Waals surface area contributed by atoms with E-state index in [1.807, 2.05) is 7.05 Å². The van der Waals surface area contributed by atoms with Crippen molar-refractivity contribution in [2.24, 2.45) is 12.8 Å². The molecule has 84 valence electrons. The van der Waals surface area contributed by atoms with E-state index in [0.29, 0.717) is 10.7 Å². The number of aryl methyl sites for hydroxylation is 2. The molecule has 0 bridgehead atoms. The molecule has 0 atom stereocenters. The van der Waals surface area contributed by atoms with Gasteiger partial charge in [0.25, 0.3) is 0 Å². The van der Waals surface area contributed by atoms with Gasteiger partial charge in [-0.05, 0) is 24.6 Å². The number of aromatic nitrogens is 2. The zero-order valence-electron chi connectivity index (χ0n) is 9.23. The van der Waals surface area contributed by atoms with Gasteiger partial charge in [0.05, 0.1) is 21.8 Å². The van der Waals surface area contributed by atoms with Crippen LogP contribution < -0.4 is 5.73 Å². The van der Waals surface area contributed by atoms with Gasteiger partial charge in [-0.15, -0.1) is 0 Å². The van der Waals surface area contributed by atoms with Crippen molar-refractivity contribution in [3.05, 3.63) is 23.8 Å². The lowest BCUT2D eigenvalue weighted by molar-refractivity contribution is 0.816. The lowest BCUT2D eigenvalue weighted by Crippen LogP contribution is -2.10. The zero-order chi connectivity index (χ0) is 11.7. The number of hydrogen-bond acceptors (Lipinski definition) is 3. The van der Waals surface area contributed by atoms with Crippen LogP contribution in [0.5, 0.6) is 0 Å². The van der Waals surface area contributed by atoms with Crippen LogP contribution in [-0.2, 0) is 7.05 Å². The molecule has 0 aliphatic heterocycles. The van der Waals surface area contributed by atoms with E-state index < -0.39 is 0 Å². The van der Waals surface area contributed by atoms with Crippen LogP contribution in [0, 0.1) is 6.92 Å². The summed E-state index contributed by atoms with van der Waals surface area (Å²) >= 11 is 6.43. The molecule has 0 fully saturated rings. The Kier molecular flexibility index (Phi) is 3.16. The van der Waals surface area contributed by atoms with Crippen LogP contribution in [0.25, 0.3) is 11.0 Å². The van der Waals surface area contributed by atoms with Gasteiger partial charge >= 0.3 is 0 Å². The molecule has 0 spiro atoms. The van der Waals surface area contributed by atoms with Crippen LogP contribution in [0.1, 0.15) is 5.56 Å². The lowest BCUT2D eigenvalue weighted by Gasteiger charge is -2.00. The Morgan fingerprint density at radius 2 is 2.31 bits per heavy atom. The Labute approximate surface area is 104 Å². The van der Waals surface area contributed by atoms with Crippen molar-refractivity contribution in [1.29, 1.82) is 0 Å². The predicted octanol–water partition coefficient (Wildman–Crippen LogP) is 2.26. The van der Waals surface area contributed by atoms with Gasteiger partial charge in [0, 0.05) is 7.05 Å². The van der Waals surface area contributed by atoms with E-state index >= 15 is 0 Å². The number of thioether (sulfide) groups is 1. The molecule has 0 aliphatic rings. The Hall–Kier alpha value is -1.07. The van der Waals surface area contributed by atoms with E-state index in [2.05, 4.69) is 34.7 Å². The molecule has 5 heteroatoms. The summed E-state index contributed by atoms with van der Waals surface area (Å²) in [6.45, 7) is 2.07. The standard InChI is InChI=1S/C11H13N3S2/c1-7-3-4-9-8(5-7)13-11(14(9)2)16-6-10(12)15/h3-5H,6H2,1-2H3,(H2,12,15). The molecule has 2 aromatic rings. The number of rotatable bonds is 3. The normalized spacial score (nSPS) is 10.9. The minimum atomic E-state index is 0.508. The largest absolute Gasteiger partial charge is 0.393 e. The maximum atomic E-state index is 5.48. The zero-order valence-corrected chi connectivity index (χ0v) is 10.9. The van der Waals surface area contributed by atoms with E-state index in [1.54, 1.807) is 11.8 Å². The summed E-state index contributed by atoms with van der Waals surface area (Å²) < 4.78 is 2.07. The molecule has 0 saturated heterocycles. The van der Waals surface area contributed by atoms with Gasteiger partial charge in [0.2, 0.25) is 0 Å². The predicted molar refractivity (Wildman–Crippen MR) is 73.0 cm³/mol. The quantitative estimate of drug-likeness (QED) is 0.671. The highest BCUT2D eigenvalue weighted by molar-refractivity contribution is 8.00. The fraction of sp³-hybridized carbons (Fsp3) is 0.273. The molecule has 0 amide bonds. The van der Waals surface area contributed by atoms with Crippen molar-refractivity contribution in [2.75, 3.05) is 5.75 Å². The molecular formula is C11H13N3S2. The number of nitrogens with zero attached hydrogens (tertiary/aromatic N) is 2. The van der Waals surface area contributed by atoms with E-state index in [0.717, 1.165) is 16.2 Å². The van der Waals surface area contributed by atoms with Crippen molar-refractivity contribution in [2.45, 2.75) is 12.1 Å². The van der Waals surface area contributed by atoms with Crippen molar-refractivity contribution >= 4 is 40.0 Å². The van der Waals surface area contributed by atoms with E-state index in [1.165, 1.54) is 5.56 Å². The third kappa shape index (κ3) is 2.20. The topological polar surface area (TPSA) is 43.8 Å². The Morgan fingerprint density at radius 1 is 1.56 bits per heavy atom. The molecule has 0 radical (unpaired) electrons. The first-order valence-corrected chi connectivity index (χ1v) is 6.31. The Bertz CT molecular complexity index is 545. The highest BCUT2D eigenvalue weighted by Gasteiger charge is 2.08. The highest BCUT2D eigenvalue weighted by Crippen LogP contribution is 2.23. The SMILES string of the molecule is Cc1ccc2c(c1)nc(SCC(N)=S)n2C. The Morgan fingerprint density at radius 3 is 3.00 bits per heavy atom. The van der Waals surface area contributed by atoms with Crippen molar-refractivity contribution < 1.29 is 0 Å². The number of thiocarbonyl (C=S) groups is 1. The van der Waals surface area contributed by atoms with Gasteiger partial charge in [-0.2, -0.15) is 0 Å². The van der Waals surface area contributed by atoms with Gasteiger partial charge in [-0.3, -0.25) is 0 Å². The fourth-order valence-electron chi connectivity index (χ4n) is 1.55. The number of imidazole rings is 1. The molecule has 0 saturated carbocycles. The molecule has 1 heterocycles. The molecule has 1 aromatic carbocycles. The third-order valence-electron chi connectivity index (χ3n) is 2.34. The smallest absolute Gasteiger partial charge is 0.169 e. The first-order chi connectivity index (χ1) is 7.58. The second-order valence-electron chi connectivity index (χ2n) is 3.70. The van der Waals surface area contributed by atoms with E-state index in [9.17, 15) is 0 Å². The number of nitrogens with two attached hydrogens (primary N) is 1. The summed E-state index contributed by atoms with van der Waals surface area (Å²) in [6, 6.07) is 6.26. The van der Waals surface area contributed by atoms with Gasteiger partial charge in [-0.1, -0.05) is 30.0 Å². The minimum absolute atomic E-state index is 0.508. The summed E-state index contributed by atoms with van der Waals surface area (Å²) in [7, 11) is 2.01. The van der Waals surface area contributed by atoms with E-state index in [4.69, 9.17) is 18.0 Å². The second kappa shape index (κ2) is 4.43. The number of hydrogen-bond donors (Lipinski definition) is 1. The number of benzene rings is 1. The second-order valence-corrected chi connectivity index (χ2v) is 5.17. The summed E-state index contributed by atoms with van der Waals surface area (Å²) in [5.41, 5.74) is 8.86. The first kappa shape index (κ1) is 11.4. The van der Waals surface area contributed by atoms with Gasteiger partial charge in [0.15, 0.2) is 5.16 Å². The Balaban J connectivity index is 2.39. The molecule has 1 aromatic heterocycles. The van der Waals surface area contributed by atoms with E-state index in [-0.39, 0.29) is 0 Å². The molecule has 3 nitrogen and oxygen atoms in total. The summed E-state index contributed by atoms with van der Waals surface area (Å²) in [5.74, 6) is 0.630. The lowest BCUT2D eigenvalue weighted by atomic mass is 10.2. The fourth-order valence-corrected chi connectivity index (χ4v) is 2.46. The van der Waals surface area contributed by atoms with Crippen LogP contribution in [-0.4, -0.2) is 20.3 Å².